The number of nitrogens with zero attached hydrogens (tertiary/aromatic N) is 2. The number of nitro benzene ring substituents is 1. The number of cyclic esters (lactones) is 1. The van der Waals surface area contributed by atoms with Crippen molar-refractivity contribution < 1.29 is 14.5 Å². The van der Waals surface area contributed by atoms with E-state index >= 15 is 0 Å². The molecule has 0 atom stereocenters. The molecule has 0 aliphatic carbocycles. The number of nitro groups is 1. The molecule has 1 heterocycles. The van der Waals surface area contributed by atoms with Crippen LogP contribution in [0.5, 0.6) is 0 Å². The first-order valence-electron chi connectivity index (χ1n) is 7.53. The third-order valence-corrected chi connectivity index (χ3v) is 3.52. The summed E-state index contributed by atoms with van der Waals surface area (Å²) in [7, 11) is 0. The standard InChI is InChI=1S/C19H14N2O4/c1-13-5-7-15(8-6-13)12-17-19(22)25-18(20-17)10-9-14-3-2-4-16(11-14)21(23)24/h2-12H,1H3. The second-order valence-electron chi connectivity index (χ2n) is 5.47. The molecule has 6 heteroatoms. The summed E-state index contributed by atoms with van der Waals surface area (Å²) < 4.78 is 5.09. The second-order valence-corrected chi connectivity index (χ2v) is 5.47. The molecule has 0 bridgehead atoms. The number of hydrogen-bond acceptors (Lipinski definition) is 5. The van der Waals surface area contributed by atoms with E-state index in [2.05, 4.69) is 4.99 Å². The van der Waals surface area contributed by atoms with Crippen LogP contribution in [0.3, 0.4) is 0 Å². The van der Waals surface area contributed by atoms with Crippen LogP contribution in [-0.4, -0.2) is 16.8 Å². The van der Waals surface area contributed by atoms with Gasteiger partial charge in [-0.25, -0.2) is 9.79 Å². The Morgan fingerprint density at radius 2 is 1.84 bits per heavy atom. The van der Waals surface area contributed by atoms with Gasteiger partial charge in [-0.1, -0.05) is 42.0 Å². The number of aliphatic imine (C=N–C) groups is 1. The van der Waals surface area contributed by atoms with Crippen LogP contribution >= 0.6 is 0 Å². The molecule has 0 saturated heterocycles. The molecule has 0 aromatic heterocycles. The Bertz CT molecular complexity index is 925. The fourth-order valence-corrected chi connectivity index (χ4v) is 2.23. The van der Waals surface area contributed by atoms with Gasteiger partial charge in [0, 0.05) is 18.2 Å². The summed E-state index contributed by atoms with van der Waals surface area (Å²) in [4.78, 5) is 26.3. The number of rotatable bonds is 4. The van der Waals surface area contributed by atoms with Crippen molar-refractivity contribution in [2.75, 3.05) is 0 Å². The zero-order valence-corrected chi connectivity index (χ0v) is 13.4. The maximum absolute atomic E-state index is 11.9. The fraction of sp³-hybridized carbons (Fsp3) is 0.0526. The molecule has 124 valence electrons. The Kier molecular flexibility index (Phi) is 4.52. The van der Waals surface area contributed by atoms with Crippen molar-refractivity contribution in [2.24, 2.45) is 4.99 Å². The van der Waals surface area contributed by atoms with Crippen molar-refractivity contribution in [3.05, 3.63) is 87.1 Å². The van der Waals surface area contributed by atoms with Crippen LogP contribution in [0.25, 0.3) is 12.2 Å². The number of benzene rings is 2. The lowest BCUT2D eigenvalue weighted by Gasteiger charge is -1.95. The monoisotopic (exact) mass is 334 g/mol. The van der Waals surface area contributed by atoms with Gasteiger partial charge in [-0.15, -0.1) is 0 Å². The number of carbonyl (C=O) groups is 1. The molecule has 1 aliphatic heterocycles. The smallest absolute Gasteiger partial charge is 0.363 e. The second kappa shape index (κ2) is 6.92. The SMILES string of the molecule is Cc1ccc(C=C2N=C(C=Cc3cccc([N+](=O)[O-])c3)OC2=O)cc1. The first kappa shape index (κ1) is 16.3. The predicted octanol–water partition coefficient (Wildman–Crippen LogP) is 3.91. The van der Waals surface area contributed by atoms with Crippen molar-refractivity contribution in [1.29, 1.82) is 0 Å². The van der Waals surface area contributed by atoms with Crippen LogP contribution < -0.4 is 0 Å². The van der Waals surface area contributed by atoms with Crippen molar-refractivity contribution in [3.63, 3.8) is 0 Å². The molecule has 0 fully saturated rings. The summed E-state index contributed by atoms with van der Waals surface area (Å²) in [5, 5.41) is 10.8. The lowest BCUT2D eigenvalue weighted by atomic mass is 10.1. The molecule has 2 aromatic carbocycles. The number of ether oxygens (including phenoxy) is 1. The van der Waals surface area contributed by atoms with Gasteiger partial charge in [-0.2, -0.15) is 0 Å². The lowest BCUT2D eigenvalue weighted by Crippen LogP contribution is -2.01. The van der Waals surface area contributed by atoms with E-state index in [-0.39, 0.29) is 17.3 Å². The molecule has 0 spiro atoms. The average molecular weight is 334 g/mol. The van der Waals surface area contributed by atoms with Crippen molar-refractivity contribution >= 4 is 29.7 Å². The van der Waals surface area contributed by atoms with Crippen LogP contribution in [0.2, 0.25) is 0 Å². The molecule has 0 amide bonds. The largest absolute Gasteiger partial charge is 0.403 e. The zero-order chi connectivity index (χ0) is 17.8. The highest BCUT2D eigenvalue weighted by Gasteiger charge is 2.21. The highest BCUT2D eigenvalue weighted by molar-refractivity contribution is 6.11. The molecular weight excluding hydrogens is 320 g/mol. The van der Waals surface area contributed by atoms with Crippen molar-refractivity contribution in [2.45, 2.75) is 6.92 Å². The highest BCUT2D eigenvalue weighted by Crippen LogP contribution is 2.18. The molecule has 6 nitrogen and oxygen atoms in total. The van der Waals surface area contributed by atoms with Crippen LogP contribution in [-0.2, 0) is 9.53 Å². The van der Waals surface area contributed by atoms with Gasteiger partial charge in [-0.3, -0.25) is 10.1 Å². The van der Waals surface area contributed by atoms with Crippen LogP contribution in [0.4, 0.5) is 5.69 Å². The van der Waals surface area contributed by atoms with E-state index in [1.165, 1.54) is 18.2 Å². The Hall–Kier alpha value is -3.54. The average Bonchev–Trinajstić information content (AvgIpc) is 2.95. The van der Waals surface area contributed by atoms with E-state index in [4.69, 9.17) is 4.74 Å². The molecule has 2 aromatic rings. The Balaban J connectivity index is 1.79. The maximum Gasteiger partial charge on any atom is 0.363 e. The van der Waals surface area contributed by atoms with Crippen molar-refractivity contribution in [3.8, 4) is 0 Å². The highest BCUT2D eigenvalue weighted by atomic mass is 16.6. The van der Waals surface area contributed by atoms with Gasteiger partial charge in [-0.05, 0) is 30.2 Å². The molecule has 1 aliphatic rings. The minimum absolute atomic E-state index is 0.00698. The molecule has 25 heavy (non-hydrogen) atoms. The van der Waals surface area contributed by atoms with E-state index in [1.54, 1.807) is 24.3 Å². The van der Waals surface area contributed by atoms with Gasteiger partial charge in [0.15, 0.2) is 5.70 Å². The summed E-state index contributed by atoms with van der Waals surface area (Å²) in [5.74, 6) is -0.380. The Labute approximate surface area is 143 Å². The first-order chi connectivity index (χ1) is 12.0. The summed E-state index contributed by atoms with van der Waals surface area (Å²) in [6.07, 6.45) is 4.76. The fourth-order valence-electron chi connectivity index (χ4n) is 2.23. The van der Waals surface area contributed by atoms with E-state index < -0.39 is 10.9 Å². The number of esters is 1. The van der Waals surface area contributed by atoms with Crippen molar-refractivity contribution in [1.82, 2.24) is 0 Å². The quantitative estimate of drug-likeness (QED) is 0.367. The first-order valence-corrected chi connectivity index (χ1v) is 7.53. The summed E-state index contributed by atoms with van der Waals surface area (Å²) in [6, 6.07) is 13.8. The topological polar surface area (TPSA) is 81.8 Å². The van der Waals surface area contributed by atoms with Gasteiger partial charge < -0.3 is 4.74 Å². The van der Waals surface area contributed by atoms with Crippen LogP contribution in [0, 0.1) is 17.0 Å². The summed E-state index contributed by atoms with van der Waals surface area (Å²) >= 11 is 0. The minimum atomic E-state index is -0.528. The van der Waals surface area contributed by atoms with E-state index in [0.717, 1.165) is 11.1 Å². The number of carbonyl (C=O) groups excluding carboxylic acids is 1. The molecule has 0 unspecified atom stereocenters. The number of aryl methyl sites for hydroxylation is 1. The Morgan fingerprint density at radius 1 is 1.08 bits per heavy atom. The third-order valence-electron chi connectivity index (χ3n) is 3.52. The van der Waals surface area contributed by atoms with Crippen LogP contribution in [0.15, 0.2) is 65.3 Å². The lowest BCUT2D eigenvalue weighted by molar-refractivity contribution is -0.384. The predicted molar refractivity (Wildman–Crippen MR) is 94.8 cm³/mol. The van der Waals surface area contributed by atoms with Crippen LogP contribution in [0.1, 0.15) is 16.7 Å². The Morgan fingerprint density at radius 3 is 2.56 bits per heavy atom. The van der Waals surface area contributed by atoms with E-state index in [0.29, 0.717) is 5.56 Å². The van der Waals surface area contributed by atoms with Gasteiger partial charge >= 0.3 is 5.97 Å². The van der Waals surface area contributed by atoms with Gasteiger partial charge in [0.1, 0.15) is 0 Å². The number of hydrogen-bond donors (Lipinski definition) is 0. The third kappa shape index (κ3) is 4.06. The number of non-ortho nitro benzene ring substituents is 1. The molecule has 0 N–H and O–H groups in total. The van der Waals surface area contributed by atoms with E-state index in [9.17, 15) is 14.9 Å². The van der Waals surface area contributed by atoms with E-state index in [1.807, 2.05) is 31.2 Å². The maximum atomic E-state index is 11.9. The molecular formula is C19H14N2O4. The van der Waals surface area contributed by atoms with Gasteiger partial charge in [0.05, 0.1) is 4.92 Å². The van der Waals surface area contributed by atoms with Gasteiger partial charge in [0.2, 0.25) is 5.90 Å². The minimum Gasteiger partial charge on any atom is -0.403 e. The molecule has 0 radical (unpaired) electrons. The zero-order valence-electron chi connectivity index (χ0n) is 13.4. The van der Waals surface area contributed by atoms with Gasteiger partial charge in [0.25, 0.3) is 5.69 Å². The summed E-state index contributed by atoms with van der Waals surface area (Å²) in [5.41, 5.74) is 2.80. The molecule has 3 rings (SSSR count). The summed E-state index contributed by atoms with van der Waals surface area (Å²) in [6.45, 7) is 1.98. The normalized spacial score (nSPS) is 15.5. The molecule has 0 saturated carbocycles.